The number of aromatic nitrogens is 3. The highest BCUT2D eigenvalue weighted by molar-refractivity contribution is 7.13. The Morgan fingerprint density at radius 2 is 2.05 bits per heavy atom. The minimum absolute atomic E-state index is 0.160. The van der Waals surface area contributed by atoms with E-state index in [0.29, 0.717) is 51.7 Å². The van der Waals surface area contributed by atoms with E-state index in [4.69, 9.17) is 27.1 Å². The molecule has 216 valence electrons. The summed E-state index contributed by atoms with van der Waals surface area (Å²) in [5.74, 6) is 0.859. The number of fused-ring (bicyclic) bond motifs is 2. The van der Waals surface area contributed by atoms with Crippen LogP contribution in [-0.2, 0) is 0 Å². The number of benzene rings is 1. The highest BCUT2D eigenvalue weighted by Crippen LogP contribution is 2.44. The van der Waals surface area contributed by atoms with Gasteiger partial charge < -0.3 is 25.6 Å². The van der Waals surface area contributed by atoms with Crippen LogP contribution in [0, 0.1) is 5.92 Å². The van der Waals surface area contributed by atoms with Gasteiger partial charge in [0.1, 0.15) is 18.3 Å². The lowest BCUT2D eigenvalue weighted by Gasteiger charge is -2.39. The number of rotatable bonds is 4. The summed E-state index contributed by atoms with van der Waals surface area (Å²) >= 11 is 8.01. The smallest absolute Gasteiger partial charge is 0.350 e. The van der Waals surface area contributed by atoms with Crippen LogP contribution in [0.2, 0.25) is 5.02 Å². The van der Waals surface area contributed by atoms with Crippen molar-refractivity contribution >= 4 is 56.7 Å². The van der Waals surface area contributed by atoms with Gasteiger partial charge in [-0.25, -0.2) is 14.2 Å². The highest BCUT2D eigenvalue weighted by Gasteiger charge is 2.38. The van der Waals surface area contributed by atoms with E-state index in [1.165, 1.54) is 0 Å². The Kier molecular flexibility index (Phi) is 6.80. The van der Waals surface area contributed by atoms with Crippen LogP contribution in [0.5, 0.6) is 5.75 Å². The molecule has 1 aromatic carbocycles. The number of piperidine rings is 1. The first-order valence-electron chi connectivity index (χ1n) is 14.2. The summed E-state index contributed by atoms with van der Waals surface area (Å²) in [6.07, 6.45) is 7.12. The van der Waals surface area contributed by atoms with Crippen molar-refractivity contribution in [2.75, 3.05) is 50.5 Å². The maximum Gasteiger partial charge on any atom is 0.350 e. The third-order valence-electron chi connectivity index (χ3n) is 8.93. The molecule has 3 aromatic rings. The molecule has 4 unspecified atom stereocenters. The number of piperazine rings is 1. The topological polar surface area (TPSA) is 102 Å². The van der Waals surface area contributed by atoms with Gasteiger partial charge >= 0.3 is 5.69 Å². The van der Waals surface area contributed by atoms with Crippen LogP contribution in [0.4, 0.5) is 15.3 Å². The SMILES string of the molecule is C=C/C(F)=c1/sc(N)n/c1=C\c1c(Cl)cc2c(N3CC4CCC(C3)N4)nc(=O)n3c2c1OCC3C1CCCN(C)C1. The number of nitrogen functional groups attached to an aromatic ring is 1. The minimum Gasteiger partial charge on any atom is -0.489 e. The van der Waals surface area contributed by atoms with Gasteiger partial charge in [0.05, 0.1) is 26.5 Å². The van der Waals surface area contributed by atoms with Gasteiger partial charge in [0.15, 0.2) is 10.9 Å². The van der Waals surface area contributed by atoms with Gasteiger partial charge in [-0.2, -0.15) is 4.98 Å². The van der Waals surface area contributed by atoms with Crippen LogP contribution < -0.4 is 36.3 Å². The molecule has 9 nitrogen and oxygen atoms in total. The van der Waals surface area contributed by atoms with Crippen molar-refractivity contribution in [3.63, 3.8) is 0 Å². The summed E-state index contributed by atoms with van der Waals surface area (Å²) in [5, 5.41) is 5.42. The van der Waals surface area contributed by atoms with Gasteiger partial charge in [-0.3, -0.25) is 4.57 Å². The number of halogens is 2. The normalized spacial score (nSPS) is 27.3. The molecule has 6 heterocycles. The second kappa shape index (κ2) is 10.4. The minimum atomic E-state index is -0.518. The number of ether oxygens (including phenoxy) is 1. The van der Waals surface area contributed by atoms with Crippen LogP contribution in [0.1, 0.15) is 37.3 Å². The predicted octanol–water partition coefficient (Wildman–Crippen LogP) is 2.40. The summed E-state index contributed by atoms with van der Waals surface area (Å²) in [7, 11) is 2.12. The lowest BCUT2D eigenvalue weighted by molar-refractivity contribution is 0.115. The molecule has 7 rings (SSSR count). The van der Waals surface area contributed by atoms with E-state index in [-0.39, 0.29) is 27.3 Å². The number of anilines is 2. The van der Waals surface area contributed by atoms with Gasteiger partial charge in [-0.15, -0.1) is 0 Å². The fraction of sp³-hybridized carbons (Fsp3) is 0.483. The van der Waals surface area contributed by atoms with E-state index >= 15 is 0 Å². The Morgan fingerprint density at radius 1 is 1.27 bits per heavy atom. The summed E-state index contributed by atoms with van der Waals surface area (Å²) in [6.45, 7) is 7.34. The van der Waals surface area contributed by atoms with Crippen molar-refractivity contribution in [2.45, 2.75) is 43.8 Å². The van der Waals surface area contributed by atoms with Crippen molar-refractivity contribution in [3.05, 3.63) is 49.7 Å². The first kappa shape index (κ1) is 26.9. The van der Waals surface area contributed by atoms with Gasteiger partial charge in [-0.05, 0) is 63.4 Å². The van der Waals surface area contributed by atoms with Crippen molar-refractivity contribution in [3.8, 4) is 5.75 Å². The number of likely N-dealkylation sites (tertiary alicyclic amines) is 1. The molecule has 2 aromatic heterocycles. The van der Waals surface area contributed by atoms with E-state index in [9.17, 15) is 9.18 Å². The molecule has 3 saturated heterocycles. The van der Waals surface area contributed by atoms with Gasteiger partial charge in [0.25, 0.3) is 0 Å². The van der Waals surface area contributed by atoms with Crippen molar-refractivity contribution in [1.82, 2.24) is 24.8 Å². The van der Waals surface area contributed by atoms with E-state index in [1.54, 1.807) is 6.08 Å². The third kappa shape index (κ3) is 4.63. The Hall–Kier alpha value is -2.99. The molecule has 0 saturated carbocycles. The molecule has 4 atom stereocenters. The number of thiazole rings is 1. The summed E-state index contributed by atoms with van der Waals surface area (Å²) < 4.78 is 23.3. The average molecular weight is 598 g/mol. The monoisotopic (exact) mass is 597 g/mol. The zero-order valence-corrected chi connectivity index (χ0v) is 24.5. The Morgan fingerprint density at radius 3 is 2.78 bits per heavy atom. The zero-order chi connectivity index (χ0) is 28.4. The second-order valence-corrected chi connectivity index (χ2v) is 13.1. The maximum atomic E-state index is 14.7. The first-order valence-corrected chi connectivity index (χ1v) is 15.4. The van der Waals surface area contributed by atoms with Crippen molar-refractivity contribution in [1.29, 1.82) is 0 Å². The molecule has 4 aliphatic heterocycles. The number of hydrogen-bond donors (Lipinski definition) is 2. The lowest BCUT2D eigenvalue weighted by atomic mass is 9.90. The molecule has 3 N–H and O–H groups in total. The molecule has 2 bridgehead atoms. The van der Waals surface area contributed by atoms with Crippen LogP contribution in [-0.4, -0.2) is 71.4 Å². The second-order valence-electron chi connectivity index (χ2n) is 11.6. The molecule has 0 radical (unpaired) electrons. The van der Waals surface area contributed by atoms with Crippen LogP contribution in [0.15, 0.2) is 23.5 Å². The van der Waals surface area contributed by atoms with Crippen molar-refractivity contribution < 1.29 is 9.13 Å². The van der Waals surface area contributed by atoms with E-state index < -0.39 is 5.83 Å². The number of hydrogen-bond acceptors (Lipinski definition) is 9. The predicted molar refractivity (Wildman–Crippen MR) is 162 cm³/mol. The maximum absolute atomic E-state index is 14.7. The molecule has 0 spiro atoms. The fourth-order valence-electron chi connectivity index (χ4n) is 7.10. The molecule has 3 fully saturated rings. The highest BCUT2D eigenvalue weighted by atomic mass is 35.5. The van der Waals surface area contributed by atoms with Gasteiger partial charge in [-0.1, -0.05) is 29.5 Å². The number of nitrogens with two attached hydrogens (primary N) is 1. The Labute approximate surface area is 245 Å². The van der Waals surface area contributed by atoms with E-state index in [1.807, 2.05) is 10.6 Å². The summed E-state index contributed by atoms with van der Waals surface area (Å²) in [6, 6.07) is 2.45. The standard InChI is InChI=1S/C29H33ClFN7O2S/c1-3-21(31)26-22(34-28(32)41-26)10-18-20(30)9-19-24-25(18)40-14-23(15-5-4-8-36(2)11-15)38(24)29(39)35-27(19)37-12-16-6-7-17(13-37)33-16/h3,9-10,15-17,23,33H,1,4-8,11-14H2,2H3,(H2,32,34)/b22-10-,26-21-. The van der Waals surface area contributed by atoms with Crippen LogP contribution in [0.25, 0.3) is 22.8 Å². The quantitative estimate of drug-likeness (QED) is 0.473. The molecular weight excluding hydrogens is 565 g/mol. The number of nitrogens with zero attached hydrogens (tertiary/aromatic N) is 5. The molecule has 12 heteroatoms. The molecule has 4 aliphatic rings. The Balaban J connectivity index is 1.48. The molecule has 41 heavy (non-hydrogen) atoms. The molecule has 0 amide bonds. The summed E-state index contributed by atoms with van der Waals surface area (Å²) in [5.41, 5.74) is 6.90. The average Bonchev–Trinajstić information content (AvgIpc) is 3.51. The van der Waals surface area contributed by atoms with Crippen LogP contribution >= 0.6 is 22.9 Å². The van der Waals surface area contributed by atoms with E-state index in [2.05, 4.69) is 33.7 Å². The fourth-order valence-corrected chi connectivity index (χ4v) is 8.09. The number of nitrogens with one attached hydrogen (secondary N) is 1. The largest absolute Gasteiger partial charge is 0.489 e. The van der Waals surface area contributed by atoms with Crippen LogP contribution in [0.3, 0.4) is 0 Å². The Bertz CT molecular complexity index is 1730. The van der Waals surface area contributed by atoms with Gasteiger partial charge in [0, 0.05) is 42.7 Å². The number of allylic oxidation sites excluding steroid dienone is 1. The third-order valence-corrected chi connectivity index (χ3v) is 10.2. The van der Waals surface area contributed by atoms with Gasteiger partial charge in [0.2, 0.25) is 0 Å². The first-order chi connectivity index (χ1) is 19.8. The summed E-state index contributed by atoms with van der Waals surface area (Å²) in [4.78, 5) is 27.6. The molecule has 0 aliphatic carbocycles. The van der Waals surface area contributed by atoms with Crippen molar-refractivity contribution in [2.24, 2.45) is 5.92 Å². The van der Waals surface area contributed by atoms with E-state index in [0.717, 1.165) is 74.7 Å². The zero-order valence-electron chi connectivity index (χ0n) is 22.9. The molecular formula is C29H33ClFN7O2S. The lowest BCUT2D eigenvalue weighted by Crippen LogP contribution is -2.52.